The molecule has 3 nitrogen and oxygen atoms in total. The standard InChI is InChI=1S/C16H24BrNO2/c1-3-8-18-16(12-5-4-9-20-11-12)14-7-6-13(17)10-15(14)19-2/h6-7,10,12,16,18H,3-5,8-9,11H2,1-2H3. The van der Waals surface area contributed by atoms with E-state index in [0.29, 0.717) is 12.0 Å². The minimum atomic E-state index is 0.304. The van der Waals surface area contributed by atoms with Crippen LogP contribution in [0.3, 0.4) is 0 Å². The van der Waals surface area contributed by atoms with E-state index in [1.54, 1.807) is 7.11 Å². The van der Waals surface area contributed by atoms with Crippen molar-refractivity contribution in [1.82, 2.24) is 5.32 Å². The third-order valence-electron chi connectivity index (χ3n) is 3.81. The molecular weight excluding hydrogens is 318 g/mol. The van der Waals surface area contributed by atoms with Gasteiger partial charge in [-0.2, -0.15) is 0 Å². The highest BCUT2D eigenvalue weighted by Crippen LogP contribution is 2.35. The number of ether oxygens (including phenoxy) is 2. The first-order valence-electron chi connectivity index (χ1n) is 7.40. The van der Waals surface area contributed by atoms with E-state index in [0.717, 1.165) is 42.8 Å². The van der Waals surface area contributed by atoms with Gasteiger partial charge in [-0.25, -0.2) is 0 Å². The smallest absolute Gasteiger partial charge is 0.124 e. The van der Waals surface area contributed by atoms with Gasteiger partial charge in [0.2, 0.25) is 0 Å². The van der Waals surface area contributed by atoms with Crippen LogP contribution in [0.1, 0.15) is 37.8 Å². The molecule has 1 N–H and O–H groups in total. The summed E-state index contributed by atoms with van der Waals surface area (Å²) in [6, 6.07) is 6.59. The zero-order valence-corrected chi connectivity index (χ0v) is 13.9. The lowest BCUT2D eigenvalue weighted by atomic mass is 9.88. The lowest BCUT2D eigenvalue weighted by Crippen LogP contribution is -2.34. The molecule has 1 heterocycles. The normalized spacial score (nSPS) is 20.6. The van der Waals surface area contributed by atoms with E-state index < -0.39 is 0 Å². The Morgan fingerprint density at radius 2 is 2.35 bits per heavy atom. The number of halogens is 1. The van der Waals surface area contributed by atoms with Crippen molar-refractivity contribution in [3.63, 3.8) is 0 Å². The highest BCUT2D eigenvalue weighted by Gasteiger charge is 2.27. The summed E-state index contributed by atoms with van der Waals surface area (Å²) >= 11 is 3.51. The van der Waals surface area contributed by atoms with Gasteiger partial charge in [0.25, 0.3) is 0 Å². The molecule has 1 fully saturated rings. The molecule has 2 atom stereocenters. The van der Waals surface area contributed by atoms with Crippen LogP contribution in [-0.4, -0.2) is 26.9 Å². The van der Waals surface area contributed by atoms with Crippen molar-refractivity contribution in [3.05, 3.63) is 28.2 Å². The number of hydrogen-bond acceptors (Lipinski definition) is 3. The number of nitrogens with one attached hydrogen (secondary N) is 1. The first-order chi connectivity index (χ1) is 9.76. The second kappa shape index (κ2) is 8.01. The Kier molecular flexibility index (Phi) is 6.33. The molecule has 1 aliphatic heterocycles. The van der Waals surface area contributed by atoms with Crippen LogP contribution in [0.2, 0.25) is 0 Å². The summed E-state index contributed by atoms with van der Waals surface area (Å²) in [7, 11) is 1.74. The Balaban J connectivity index is 2.24. The summed E-state index contributed by atoms with van der Waals surface area (Å²) < 4.78 is 12.3. The molecule has 2 rings (SSSR count). The zero-order chi connectivity index (χ0) is 14.4. The second-order valence-electron chi connectivity index (χ2n) is 5.30. The van der Waals surface area contributed by atoms with Crippen molar-refractivity contribution in [1.29, 1.82) is 0 Å². The van der Waals surface area contributed by atoms with E-state index in [4.69, 9.17) is 9.47 Å². The van der Waals surface area contributed by atoms with Crippen LogP contribution in [0.25, 0.3) is 0 Å². The lowest BCUT2D eigenvalue weighted by molar-refractivity contribution is 0.0387. The minimum absolute atomic E-state index is 0.304. The van der Waals surface area contributed by atoms with E-state index in [9.17, 15) is 0 Å². The Bertz CT molecular complexity index is 419. The van der Waals surface area contributed by atoms with Crippen LogP contribution in [0.15, 0.2) is 22.7 Å². The molecule has 20 heavy (non-hydrogen) atoms. The van der Waals surface area contributed by atoms with Gasteiger partial charge in [0.1, 0.15) is 5.75 Å². The van der Waals surface area contributed by atoms with Crippen LogP contribution in [-0.2, 0) is 4.74 Å². The van der Waals surface area contributed by atoms with Gasteiger partial charge in [0.05, 0.1) is 13.7 Å². The second-order valence-corrected chi connectivity index (χ2v) is 6.21. The van der Waals surface area contributed by atoms with Gasteiger partial charge in [-0.1, -0.05) is 28.9 Å². The Labute approximate surface area is 130 Å². The molecule has 0 spiro atoms. The maximum Gasteiger partial charge on any atom is 0.124 e. The van der Waals surface area contributed by atoms with Gasteiger partial charge in [-0.05, 0) is 37.9 Å². The highest BCUT2D eigenvalue weighted by molar-refractivity contribution is 9.10. The van der Waals surface area contributed by atoms with Gasteiger partial charge in [0.15, 0.2) is 0 Å². The molecule has 0 aliphatic carbocycles. The van der Waals surface area contributed by atoms with Crippen molar-refractivity contribution in [3.8, 4) is 5.75 Å². The molecule has 1 aliphatic rings. The molecule has 0 amide bonds. The molecule has 2 unspecified atom stereocenters. The quantitative estimate of drug-likeness (QED) is 0.850. The molecular formula is C16H24BrNO2. The first-order valence-corrected chi connectivity index (χ1v) is 8.20. The summed E-state index contributed by atoms with van der Waals surface area (Å²) in [6.45, 7) is 4.94. The van der Waals surface area contributed by atoms with Crippen LogP contribution in [0.5, 0.6) is 5.75 Å². The van der Waals surface area contributed by atoms with Crippen molar-refractivity contribution in [2.24, 2.45) is 5.92 Å². The van der Waals surface area contributed by atoms with Gasteiger partial charge >= 0.3 is 0 Å². The van der Waals surface area contributed by atoms with Crippen molar-refractivity contribution in [2.45, 2.75) is 32.2 Å². The van der Waals surface area contributed by atoms with Gasteiger partial charge in [-0.3, -0.25) is 0 Å². The highest BCUT2D eigenvalue weighted by atomic mass is 79.9. The summed E-state index contributed by atoms with van der Waals surface area (Å²) in [4.78, 5) is 0. The average molecular weight is 342 g/mol. The SMILES string of the molecule is CCCNC(c1ccc(Br)cc1OC)C1CCCOC1. The molecule has 0 aromatic heterocycles. The maximum atomic E-state index is 5.67. The summed E-state index contributed by atoms with van der Waals surface area (Å²) in [5, 5.41) is 3.67. The monoisotopic (exact) mass is 341 g/mol. The van der Waals surface area contributed by atoms with Crippen LogP contribution in [0.4, 0.5) is 0 Å². The molecule has 0 bridgehead atoms. The number of methoxy groups -OCH3 is 1. The fourth-order valence-corrected chi connectivity index (χ4v) is 3.14. The predicted molar refractivity (Wildman–Crippen MR) is 85.3 cm³/mol. The number of hydrogen-bond donors (Lipinski definition) is 1. The molecule has 0 saturated carbocycles. The van der Waals surface area contributed by atoms with Gasteiger partial charge < -0.3 is 14.8 Å². The largest absolute Gasteiger partial charge is 0.496 e. The summed E-state index contributed by atoms with van der Waals surface area (Å²) in [5.74, 6) is 1.46. The molecule has 1 aromatic rings. The van der Waals surface area contributed by atoms with Crippen molar-refractivity contribution in [2.75, 3.05) is 26.9 Å². The van der Waals surface area contributed by atoms with Crippen LogP contribution < -0.4 is 10.1 Å². The summed E-state index contributed by atoms with van der Waals surface area (Å²) in [6.07, 6.45) is 3.48. The topological polar surface area (TPSA) is 30.5 Å². The fourth-order valence-electron chi connectivity index (χ4n) is 2.80. The third kappa shape index (κ3) is 3.96. The predicted octanol–water partition coefficient (Wildman–Crippen LogP) is 3.93. The molecule has 4 heteroatoms. The Hall–Kier alpha value is -0.580. The third-order valence-corrected chi connectivity index (χ3v) is 4.31. The van der Waals surface area contributed by atoms with Crippen molar-refractivity contribution < 1.29 is 9.47 Å². The average Bonchev–Trinajstić information content (AvgIpc) is 2.49. The Morgan fingerprint density at radius 1 is 1.50 bits per heavy atom. The maximum absolute atomic E-state index is 5.67. The number of benzene rings is 1. The molecule has 1 saturated heterocycles. The van der Waals surface area contributed by atoms with Crippen molar-refractivity contribution >= 4 is 15.9 Å². The van der Waals surface area contributed by atoms with Crippen LogP contribution in [0, 0.1) is 5.92 Å². The lowest BCUT2D eigenvalue weighted by Gasteiger charge is -2.32. The van der Waals surface area contributed by atoms with E-state index in [-0.39, 0.29) is 0 Å². The Morgan fingerprint density at radius 3 is 3.00 bits per heavy atom. The number of rotatable bonds is 6. The van der Waals surface area contributed by atoms with E-state index in [1.807, 2.05) is 6.07 Å². The van der Waals surface area contributed by atoms with Crippen LogP contribution >= 0.6 is 15.9 Å². The van der Waals surface area contributed by atoms with E-state index in [2.05, 4.69) is 40.3 Å². The molecule has 1 aromatic carbocycles. The van der Waals surface area contributed by atoms with E-state index >= 15 is 0 Å². The molecule has 112 valence electrons. The fraction of sp³-hybridized carbons (Fsp3) is 0.625. The van der Waals surface area contributed by atoms with E-state index in [1.165, 1.54) is 12.0 Å². The zero-order valence-electron chi connectivity index (χ0n) is 12.3. The summed E-state index contributed by atoms with van der Waals surface area (Å²) in [5.41, 5.74) is 1.24. The minimum Gasteiger partial charge on any atom is -0.496 e. The first kappa shape index (κ1) is 15.8. The molecule has 0 radical (unpaired) electrons. The van der Waals surface area contributed by atoms with Gasteiger partial charge in [0, 0.05) is 28.6 Å². The van der Waals surface area contributed by atoms with Gasteiger partial charge in [-0.15, -0.1) is 0 Å².